The van der Waals surface area contributed by atoms with Gasteiger partial charge in [0, 0.05) is 6.42 Å². The first-order valence-electron chi connectivity index (χ1n) is 7.62. The average Bonchev–Trinajstić information content (AvgIpc) is 2.60. The van der Waals surface area contributed by atoms with E-state index in [2.05, 4.69) is 10.6 Å². The molecule has 0 radical (unpaired) electrons. The molecule has 4 nitrogen and oxygen atoms in total. The summed E-state index contributed by atoms with van der Waals surface area (Å²) in [6.45, 7) is 1.57. The molecule has 2 amide bonds. The highest BCUT2D eigenvalue weighted by Crippen LogP contribution is 2.19. The second-order valence-corrected chi connectivity index (χ2v) is 5.53. The summed E-state index contributed by atoms with van der Waals surface area (Å²) in [7, 11) is 0. The summed E-state index contributed by atoms with van der Waals surface area (Å²) in [4.78, 5) is 23.4. The molecular weight excluding hydrogens is 333 g/mol. The minimum atomic E-state index is -1.67. The molecule has 0 aliphatic heterocycles. The first kappa shape index (κ1) is 18.5. The summed E-state index contributed by atoms with van der Waals surface area (Å²) in [5.41, 5.74) is 1.63. The van der Waals surface area contributed by atoms with Crippen LogP contribution in [0.1, 0.15) is 17.5 Å². The van der Waals surface area contributed by atoms with Gasteiger partial charge in [-0.05, 0) is 31.0 Å². The highest BCUT2D eigenvalue weighted by atomic mass is 19.2. The van der Waals surface area contributed by atoms with E-state index in [1.165, 1.54) is 0 Å². The third-order valence-corrected chi connectivity index (χ3v) is 3.52. The van der Waals surface area contributed by atoms with Gasteiger partial charge < -0.3 is 10.6 Å². The highest BCUT2D eigenvalue weighted by Gasteiger charge is 2.15. The summed E-state index contributed by atoms with van der Waals surface area (Å²) in [6, 6.07) is 9.33. The Balaban J connectivity index is 1.78. The summed E-state index contributed by atoms with van der Waals surface area (Å²) in [5.74, 6) is -5.59. The van der Waals surface area contributed by atoms with Crippen LogP contribution < -0.4 is 10.6 Å². The number of anilines is 1. The van der Waals surface area contributed by atoms with Gasteiger partial charge in [0.05, 0.1) is 12.2 Å². The Bertz CT molecular complexity index is 777. The van der Waals surface area contributed by atoms with Gasteiger partial charge in [-0.3, -0.25) is 9.59 Å². The Labute approximate surface area is 143 Å². The van der Waals surface area contributed by atoms with Crippen LogP contribution in [-0.4, -0.2) is 18.4 Å². The summed E-state index contributed by atoms with van der Waals surface area (Å²) >= 11 is 0. The summed E-state index contributed by atoms with van der Waals surface area (Å²) in [5, 5.41) is 4.47. The second-order valence-electron chi connectivity index (χ2n) is 5.53. The molecule has 2 aromatic carbocycles. The molecule has 132 valence electrons. The molecule has 0 fully saturated rings. The molecular formula is C18H17F3N2O2. The standard InChI is InChI=1S/C18H17F3N2O2/c1-11-2-4-12(5-3-11)6-9-15(24)22-10-16(25)23-14-8-7-13(19)17(20)18(14)21/h2-5,7-8H,6,9-10H2,1H3,(H,22,24)(H,23,25). The number of benzene rings is 2. The van der Waals surface area contributed by atoms with Gasteiger partial charge in [-0.1, -0.05) is 29.8 Å². The topological polar surface area (TPSA) is 58.2 Å². The Morgan fingerprint density at radius 3 is 2.28 bits per heavy atom. The van der Waals surface area contributed by atoms with Crippen LogP contribution in [0.4, 0.5) is 18.9 Å². The zero-order valence-electron chi connectivity index (χ0n) is 13.5. The Morgan fingerprint density at radius 1 is 0.920 bits per heavy atom. The van der Waals surface area contributed by atoms with Gasteiger partial charge >= 0.3 is 0 Å². The van der Waals surface area contributed by atoms with Crippen LogP contribution in [0.25, 0.3) is 0 Å². The maximum atomic E-state index is 13.4. The monoisotopic (exact) mass is 350 g/mol. The molecule has 0 saturated carbocycles. The maximum absolute atomic E-state index is 13.4. The summed E-state index contributed by atoms with van der Waals surface area (Å²) < 4.78 is 39.3. The van der Waals surface area contributed by atoms with Gasteiger partial charge in [-0.15, -0.1) is 0 Å². The summed E-state index contributed by atoms with van der Waals surface area (Å²) in [6.07, 6.45) is 0.710. The zero-order chi connectivity index (χ0) is 18.4. The molecule has 0 aliphatic rings. The van der Waals surface area contributed by atoms with Crippen molar-refractivity contribution in [2.75, 3.05) is 11.9 Å². The Kier molecular flexibility index (Phi) is 6.16. The average molecular weight is 350 g/mol. The van der Waals surface area contributed by atoms with Gasteiger partial charge in [-0.25, -0.2) is 13.2 Å². The van der Waals surface area contributed by atoms with Crippen LogP contribution in [0.2, 0.25) is 0 Å². The number of carbonyl (C=O) groups is 2. The van der Waals surface area contributed by atoms with Crippen molar-refractivity contribution in [2.24, 2.45) is 0 Å². The number of halogens is 3. The molecule has 0 atom stereocenters. The molecule has 2 rings (SSSR count). The van der Waals surface area contributed by atoms with E-state index in [-0.39, 0.29) is 12.3 Å². The number of rotatable bonds is 6. The van der Waals surface area contributed by atoms with Crippen LogP contribution in [0.5, 0.6) is 0 Å². The van der Waals surface area contributed by atoms with Gasteiger partial charge in [0.1, 0.15) is 0 Å². The third kappa shape index (κ3) is 5.34. The number of carbonyl (C=O) groups excluding carboxylic acids is 2. The SMILES string of the molecule is Cc1ccc(CCC(=O)NCC(=O)Nc2ccc(F)c(F)c2F)cc1. The largest absolute Gasteiger partial charge is 0.347 e. The number of amides is 2. The fraction of sp³-hybridized carbons (Fsp3) is 0.222. The third-order valence-electron chi connectivity index (χ3n) is 3.52. The van der Waals surface area contributed by atoms with E-state index in [0.717, 1.165) is 17.2 Å². The zero-order valence-corrected chi connectivity index (χ0v) is 13.5. The van der Waals surface area contributed by atoms with Crippen molar-refractivity contribution in [3.8, 4) is 0 Å². The Hall–Kier alpha value is -2.83. The highest BCUT2D eigenvalue weighted by molar-refractivity contribution is 5.94. The molecule has 0 aromatic heterocycles. The molecule has 2 N–H and O–H groups in total. The lowest BCUT2D eigenvalue weighted by atomic mass is 10.1. The van der Waals surface area contributed by atoms with E-state index in [0.29, 0.717) is 12.5 Å². The number of aryl methyl sites for hydroxylation is 2. The van der Waals surface area contributed by atoms with Crippen LogP contribution in [-0.2, 0) is 16.0 Å². The van der Waals surface area contributed by atoms with E-state index in [4.69, 9.17) is 0 Å². The molecule has 2 aromatic rings. The van der Waals surface area contributed by atoms with E-state index < -0.39 is 35.6 Å². The van der Waals surface area contributed by atoms with E-state index >= 15 is 0 Å². The number of hydrogen-bond donors (Lipinski definition) is 2. The molecule has 0 unspecified atom stereocenters. The van der Waals surface area contributed by atoms with Crippen LogP contribution >= 0.6 is 0 Å². The fourth-order valence-electron chi connectivity index (χ4n) is 2.10. The molecule has 0 heterocycles. The predicted octanol–water partition coefficient (Wildman–Crippen LogP) is 3.10. The van der Waals surface area contributed by atoms with Crippen molar-refractivity contribution in [2.45, 2.75) is 19.8 Å². The molecule has 0 saturated heterocycles. The van der Waals surface area contributed by atoms with Gasteiger partial charge in [0.15, 0.2) is 17.5 Å². The Morgan fingerprint density at radius 2 is 1.60 bits per heavy atom. The van der Waals surface area contributed by atoms with E-state index in [1.807, 2.05) is 31.2 Å². The molecule has 0 spiro atoms. The minimum absolute atomic E-state index is 0.190. The van der Waals surface area contributed by atoms with Crippen LogP contribution in [0.15, 0.2) is 36.4 Å². The van der Waals surface area contributed by atoms with Gasteiger partial charge in [-0.2, -0.15) is 0 Å². The normalized spacial score (nSPS) is 10.4. The fourth-order valence-corrected chi connectivity index (χ4v) is 2.10. The van der Waals surface area contributed by atoms with Crippen molar-refractivity contribution in [3.05, 3.63) is 65.0 Å². The molecule has 7 heteroatoms. The maximum Gasteiger partial charge on any atom is 0.243 e. The van der Waals surface area contributed by atoms with Crippen LogP contribution in [0, 0.1) is 24.4 Å². The van der Waals surface area contributed by atoms with E-state index in [9.17, 15) is 22.8 Å². The van der Waals surface area contributed by atoms with Gasteiger partial charge in [0.2, 0.25) is 11.8 Å². The smallest absolute Gasteiger partial charge is 0.243 e. The van der Waals surface area contributed by atoms with Crippen molar-refractivity contribution >= 4 is 17.5 Å². The second kappa shape index (κ2) is 8.32. The van der Waals surface area contributed by atoms with E-state index in [1.54, 1.807) is 0 Å². The van der Waals surface area contributed by atoms with Crippen molar-refractivity contribution in [1.82, 2.24) is 5.32 Å². The predicted molar refractivity (Wildman–Crippen MR) is 87.5 cm³/mol. The minimum Gasteiger partial charge on any atom is -0.347 e. The van der Waals surface area contributed by atoms with Crippen molar-refractivity contribution < 1.29 is 22.8 Å². The lowest BCUT2D eigenvalue weighted by molar-refractivity contribution is -0.124. The molecule has 0 bridgehead atoms. The lowest BCUT2D eigenvalue weighted by Gasteiger charge is -2.08. The van der Waals surface area contributed by atoms with Gasteiger partial charge in [0.25, 0.3) is 0 Å². The van der Waals surface area contributed by atoms with Crippen molar-refractivity contribution in [3.63, 3.8) is 0 Å². The number of hydrogen-bond acceptors (Lipinski definition) is 2. The molecule has 0 aliphatic carbocycles. The number of nitrogens with one attached hydrogen (secondary N) is 2. The lowest BCUT2D eigenvalue weighted by Crippen LogP contribution is -2.33. The first-order valence-corrected chi connectivity index (χ1v) is 7.62. The van der Waals surface area contributed by atoms with Crippen LogP contribution in [0.3, 0.4) is 0 Å². The quantitative estimate of drug-likeness (QED) is 0.787. The van der Waals surface area contributed by atoms with Crippen molar-refractivity contribution in [1.29, 1.82) is 0 Å². The first-order chi connectivity index (χ1) is 11.9. The molecule has 25 heavy (non-hydrogen) atoms.